The van der Waals surface area contributed by atoms with Crippen molar-refractivity contribution in [3.8, 4) is 5.75 Å². The lowest BCUT2D eigenvalue weighted by Crippen LogP contribution is -2.31. The molecule has 3 aromatic rings. The minimum absolute atomic E-state index is 0.517. The van der Waals surface area contributed by atoms with Crippen molar-refractivity contribution in [1.82, 2.24) is 15.0 Å². The molecule has 2 aromatic carbocycles. The van der Waals surface area contributed by atoms with Crippen molar-refractivity contribution < 1.29 is 4.74 Å². The van der Waals surface area contributed by atoms with E-state index in [0.29, 0.717) is 17.8 Å². The number of benzene rings is 2. The van der Waals surface area contributed by atoms with Crippen molar-refractivity contribution in [2.24, 2.45) is 0 Å². The first-order valence-electron chi connectivity index (χ1n) is 10.4. The maximum atomic E-state index is 5.24. The standard InChI is InChI=1S/C23H28N6O/c1-16-7-8-17(2)20(15-16)25-22-26-21(24-18-9-11-19(30-3)12-10-18)27-23(28-22)29-13-5-4-6-14-29/h7-12,15H,4-6,13-14H2,1-3H3,(H2,24,25,26,27,28). The van der Waals surface area contributed by atoms with Gasteiger partial charge in [-0.2, -0.15) is 15.0 Å². The van der Waals surface area contributed by atoms with E-state index in [9.17, 15) is 0 Å². The molecule has 7 nitrogen and oxygen atoms in total. The molecule has 1 fully saturated rings. The number of nitrogens with zero attached hydrogens (tertiary/aromatic N) is 4. The zero-order chi connectivity index (χ0) is 20.9. The lowest BCUT2D eigenvalue weighted by Gasteiger charge is -2.27. The van der Waals surface area contributed by atoms with Crippen LogP contribution in [0.3, 0.4) is 0 Å². The van der Waals surface area contributed by atoms with E-state index in [-0.39, 0.29) is 0 Å². The Morgan fingerprint density at radius 1 is 0.833 bits per heavy atom. The van der Waals surface area contributed by atoms with Crippen LogP contribution in [0.15, 0.2) is 42.5 Å². The summed E-state index contributed by atoms with van der Waals surface area (Å²) in [6.07, 6.45) is 3.57. The second-order valence-corrected chi connectivity index (χ2v) is 7.63. The molecule has 0 amide bonds. The molecule has 0 aliphatic carbocycles. The number of rotatable bonds is 6. The lowest BCUT2D eigenvalue weighted by molar-refractivity contribution is 0.415. The van der Waals surface area contributed by atoms with Gasteiger partial charge in [0.2, 0.25) is 17.8 Å². The summed E-state index contributed by atoms with van der Waals surface area (Å²) < 4.78 is 5.24. The van der Waals surface area contributed by atoms with Crippen molar-refractivity contribution in [3.05, 3.63) is 53.6 Å². The van der Waals surface area contributed by atoms with Crippen molar-refractivity contribution >= 4 is 29.2 Å². The summed E-state index contributed by atoms with van der Waals surface area (Å²) in [4.78, 5) is 16.3. The molecule has 1 aliphatic heterocycles. The quantitative estimate of drug-likeness (QED) is 0.600. The third-order valence-corrected chi connectivity index (χ3v) is 5.25. The molecule has 0 radical (unpaired) electrons. The second-order valence-electron chi connectivity index (χ2n) is 7.63. The number of hydrogen-bond donors (Lipinski definition) is 2. The van der Waals surface area contributed by atoms with Crippen LogP contribution in [-0.2, 0) is 0 Å². The highest BCUT2D eigenvalue weighted by molar-refractivity contribution is 5.62. The molecular formula is C23H28N6O. The Kier molecular flexibility index (Phi) is 5.97. The summed E-state index contributed by atoms with van der Waals surface area (Å²) in [7, 11) is 1.66. The van der Waals surface area contributed by atoms with E-state index < -0.39 is 0 Å². The molecule has 7 heteroatoms. The molecule has 30 heavy (non-hydrogen) atoms. The van der Waals surface area contributed by atoms with Gasteiger partial charge in [0, 0.05) is 24.5 Å². The Bertz CT molecular complexity index is 999. The van der Waals surface area contributed by atoms with Crippen LogP contribution in [0.5, 0.6) is 5.75 Å². The van der Waals surface area contributed by atoms with Crippen LogP contribution in [0, 0.1) is 13.8 Å². The average molecular weight is 405 g/mol. The van der Waals surface area contributed by atoms with Crippen LogP contribution >= 0.6 is 0 Å². The number of anilines is 5. The molecule has 1 aromatic heterocycles. The third kappa shape index (κ3) is 4.79. The molecule has 2 heterocycles. The molecule has 0 bridgehead atoms. The van der Waals surface area contributed by atoms with Crippen LogP contribution in [0.2, 0.25) is 0 Å². The average Bonchev–Trinajstić information content (AvgIpc) is 2.77. The van der Waals surface area contributed by atoms with Gasteiger partial charge in [0.15, 0.2) is 0 Å². The van der Waals surface area contributed by atoms with Crippen molar-refractivity contribution in [2.45, 2.75) is 33.1 Å². The van der Waals surface area contributed by atoms with Gasteiger partial charge >= 0.3 is 0 Å². The Morgan fingerprint density at radius 3 is 2.23 bits per heavy atom. The van der Waals surface area contributed by atoms with Gasteiger partial charge in [-0.1, -0.05) is 12.1 Å². The van der Waals surface area contributed by atoms with E-state index in [1.54, 1.807) is 7.11 Å². The number of methoxy groups -OCH3 is 1. The van der Waals surface area contributed by atoms with E-state index in [1.165, 1.54) is 12.0 Å². The zero-order valence-electron chi connectivity index (χ0n) is 17.8. The highest BCUT2D eigenvalue weighted by Crippen LogP contribution is 2.25. The molecule has 156 valence electrons. The highest BCUT2D eigenvalue weighted by Gasteiger charge is 2.17. The van der Waals surface area contributed by atoms with Gasteiger partial charge in [-0.3, -0.25) is 0 Å². The van der Waals surface area contributed by atoms with E-state index in [1.807, 2.05) is 24.3 Å². The summed E-state index contributed by atoms with van der Waals surface area (Å²) in [5.41, 5.74) is 4.22. The number of hydrogen-bond acceptors (Lipinski definition) is 7. The molecule has 1 aliphatic rings. The fraction of sp³-hybridized carbons (Fsp3) is 0.348. The molecule has 1 saturated heterocycles. The highest BCUT2D eigenvalue weighted by atomic mass is 16.5. The first-order chi connectivity index (χ1) is 14.6. The third-order valence-electron chi connectivity index (χ3n) is 5.25. The Hall–Kier alpha value is -3.35. The first kappa shape index (κ1) is 19.9. The van der Waals surface area contributed by atoms with E-state index in [0.717, 1.165) is 48.6 Å². The van der Waals surface area contributed by atoms with Crippen LogP contribution in [0.4, 0.5) is 29.2 Å². The van der Waals surface area contributed by atoms with Crippen LogP contribution in [0.1, 0.15) is 30.4 Å². The summed E-state index contributed by atoms with van der Waals surface area (Å²) in [6, 6.07) is 14.0. The largest absolute Gasteiger partial charge is 0.497 e. The van der Waals surface area contributed by atoms with Crippen LogP contribution in [-0.4, -0.2) is 35.2 Å². The molecule has 0 atom stereocenters. The van der Waals surface area contributed by atoms with Gasteiger partial charge in [0.05, 0.1) is 7.11 Å². The molecule has 2 N–H and O–H groups in total. The number of ether oxygens (including phenoxy) is 1. The predicted octanol–water partition coefficient (Wildman–Crippen LogP) is 4.97. The predicted molar refractivity (Wildman–Crippen MR) is 121 cm³/mol. The van der Waals surface area contributed by atoms with Gasteiger partial charge < -0.3 is 20.3 Å². The molecule has 0 spiro atoms. The van der Waals surface area contributed by atoms with Gasteiger partial charge in [-0.25, -0.2) is 0 Å². The van der Waals surface area contributed by atoms with E-state index >= 15 is 0 Å². The number of aryl methyl sites for hydroxylation is 2. The normalized spacial score (nSPS) is 13.8. The van der Waals surface area contributed by atoms with Gasteiger partial charge in [-0.15, -0.1) is 0 Å². The molecule has 0 saturated carbocycles. The second kappa shape index (κ2) is 8.98. The summed E-state index contributed by atoms with van der Waals surface area (Å²) in [5, 5.41) is 6.69. The minimum Gasteiger partial charge on any atom is -0.497 e. The van der Waals surface area contributed by atoms with Crippen LogP contribution < -0.4 is 20.3 Å². The lowest BCUT2D eigenvalue weighted by atomic mass is 10.1. The maximum Gasteiger partial charge on any atom is 0.233 e. The summed E-state index contributed by atoms with van der Waals surface area (Å²) >= 11 is 0. The SMILES string of the molecule is COc1ccc(Nc2nc(Nc3cc(C)ccc3C)nc(N3CCCCC3)n2)cc1. The summed E-state index contributed by atoms with van der Waals surface area (Å²) in [5.74, 6) is 2.56. The van der Waals surface area contributed by atoms with Crippen molar-refractivity contribution in [3.63, 3.8) is 0 Å². The minimum atomic E-state index is 0.517. The van der Waals surface area contributed by atoms with Crippen molar-refractivity contribution in [1.29, 1.82) is 0 Å². The molecule has 4 rings (SSSR count). The Labute approximate surface area is 177 Å². The maximum absolute atomic E-state index is 5.24. The smallest absolute Gasteiger partial charge is 0.233 e. The fourth-order valence-electron chi connectivity index (χ4n) is 3.51. The van der Waals surface area contributed by atoms with Gasteiger partial charge in [-0.05, 0) is 74.6 Å². The van der Waals surface area contributed by atoms with Crippen molar-refractivity contribution in [2.75, 3.05) is 35.7 Å². The Balaban J connectivity index is 1.65. The van der Waals surface area contributed by atoms with E-state index in [4.69, 9.17) is 14.7 Å². The zero-order valence-corrected chi connectivity index (χ0v) is 17.8. The number of piperidine rings is 1. The van der Waals surface area contributed by atoms with Gasteiger partial charge in [0.1, 0.15) is 5.75 Å². The fourth-order valence-corrected chi connectivity index (χ4v) is 3.51. The van der Waals surface area contributed by atoms with Crippen LogP contribution in [0.25, 0.3) is 0 Å². The van der Waals surface area contributed by atoms with E-state index in [2.05, 4.69) is 52.6 Å². The summed E-state index contributed by atoms with van der Waals surface area (Å²) in [6.45, 7) is 6.09. The van der Waals surface area contributed by atoms with Gasteiger partial charge in [0.25, 0.3) is 0 Å². The number of aromatic nitrogens is 3. The molecule has 0 unspecified atom stereocenters. The molecular weight excluding hydrogens is 376 g/mol. The first-order valence-corrected chi connectivity index (χ1v) is 10.4. The monoisotopic (exact) mass is 404 g/mol. The number of nitrogens with one attached hydrogen (secondary N) is 2. The topological polar surface area (TPSA) is 75.2 Å². The Morgan fingerprint density at radius 2 is 1.53 bits per heavy atom.